The molecule has 5 atom stereocenters. The Morgan fingerprint density at radius 2 is 1.88 bits per heavy atom. The minimum atomic E-state index is -1.65. The van der Waals surface area contributed by atoms with Crippen molar-refractivity contribution in [1.82, 2.24) is 0 Å². The molecule has 1 heterocycles. The second-order valence-electron chi connectivity index (χ2n) is 3.71. The number of esters is 1. The van der Waals surface area contributed by atoms with Crippen LogP contribution in [-0.4, -0.2) is 63.7 Å². The minimum absolute atomic E-state index is 0.0232. The lowest BCUT2D eigenvalue weighted by molar-refractivity contribution is -0.282. The van der Waals surface area contributed by atoms with Crippen molar-refractivity contribution < 1.29 is 34.7 Å². The molecular formula is C10H16O7. The summed E-state index contributed by atoms with van der Waals surface area (Å²) in [6.45, 7) is 3.38. The molecule has 0 bridgehead atoms. The quantitative estimate of drug-likeness (QED) is 0.258. The van der Waals surface area contributed by atoms with Gasteiger partial charge in [0, 0.05) is 0 Å². The minimum Gasteiger partial charge on any atom is -0.461 e. The van der Waals surface area contributed by atoms with Crippen LogP contribution in [0.15, 0.2) is 12.7 Å². The summed E-state index contributed by atoms with van der Waals surface area (Å²) in [5, 5.41) is 37.3. The summed E-state index contributed by atoms with van der Waals surface area (Å²) in [6, 6.07) is 0. The smallest absolute Gasteiger partial charge is 0.308 e. The van der Waals surface area contributed by atoms with Gasteiger partial charge in [0.2, 0.25) is 0 Å². The first-order valence-electron chi connectivity index (χ1n) is 5.11. The number of aliphatic hydroxyl groups is 4. The maximum atomic E-state index is 11.2. The largest absolute Gasteiger partial charge is 0.461 e. The van der Waals surface area contributed by atoms with E-state index in [1.807, 2.05) is 0 Å². The summed E-state index contributed by atoms with van der Waals surface area (Å²) in [5.41, 5.74) is 0. The molecule has 0 saturated carbocycles. The number of carbonyl (C=O) groups excluding carboxylic acids is 1. The molecule has 7 heteroatoms. The SMILES string of the molecule is C=CCOC(=O)[13CH2][13C@H]1O[13C@@H](O)[13C@H](O)[13C@@H](O)[13C@@H]1O. The van der Waals surface area contributed by atoms with Crippen LogP contribution in [0, 0.1) is 0 Å². The van der Waals surface area contributed by atoms with Gasteiger partial charge in [-0.2, -0.15) is 0 Å². The Morgan fingerprint density at radius 1 is 1.24 bits per heavy atom. The van der Waals surface area contributed by atoms with Crippen LogP contribution < -0.4 is 0 Å². The van der Waals surface area contributed by atoms with E-state index in [1.165, 1.54) is 6.08 Å². The lowest BCUT2D eigenvalue weighted by atomic mass is 10.7. The average molecular weight is 254 g/mol. The van der Waals surface area contributed by atoms with Gasteiger partial charge in [0.25, 0.3) is 0 Å². The second-order valence-corrected chi connectivity index (χ2v) is 3.71. The van der Waals surface area contributed by atoms with Gasteiger partial charge in [0.05, 0.1) is 12.5 Å². The zero-order chi connectivity index (χ0) is 13.0. The molecular weight excluding hydrogens is 238 g/mol. The van der Waals surface area contributed by atoms with Crippen molar-refractivity contribution in [3.8, 4) is 0 Å². The zero-order valence-electron chi connectivity index (χ0n) is 9.10. The van der Waals surface area contributed by atoms with Gasteiger partial charge < -0.3 is 29.9 Å². The molecule has 1 rings (SSSR count). The summed E-state index contributed by atoms with van der Waals surface area (Å²) in [6.07, 6.45) is -6.38. The van der Waals surface area contributed by atoms with Crippen LogP contribution in [0.25, 0.3) is 0 Å². The highest BCUT2D eigenvalue weighted by Crippen LogP contribution is 2.22. The Balaban J connectivity index is 2.53. The Hall–Kier alpha value is -0.990. The van der Waals surface area contributed by atoms with E-state index in [4.69, 9.17) is 4.74 Å². The molecule has 4 N–H and O–H groups in total. The summed E-state index contributed by atoms with van der Waals surface area (Å²) < 4.78 is 9.47. The third-order valence-corrected chi connectivity index (χ3v) is 2.42. The Bertz CT molecular complexity index is 280. The predicted octanol–water partition coefficient (Wildman–Crippen LogP) is -2.09. The van der Waals surface area contributed by atoms with Gasteiger partial charge >= 0.3 is 5.97 Å². The van der Waals surface area contributed by atoms with Crippen molar-refractivity contribution in [2.45, 2.75) is 37.1 Å². The fraction of sp³-hybridized carbons (Fsp3) is 0.700. The van der Waals surface area contributed by atoms with E-state index in [-0.39, 0.29) is 13.0 Å². The van der Waals surface area contributed by atoms with Crippen molar-refractivity contribution in [3.63, 3.8) is 0 Å². The van der Waals surface area contributed by atoms with E-state index >= 15 is 0 Å². The fourth-order valence-corrected chi connectivity index (χ4v) is 1.47. The number of hydrogen-bond acceptors (Lipinski definition) is 7. The molecule has 98 valence electrons. The highest BCUT2D eigenvalue weighted by atomic mass is 16.8. The normalized spacial score (nSPS) is 37.5. The monoisotopic (exact) mass is 254 g/mol. The van der Waals surface area contributed by atoms with Gasteiger partial charge in [-0.3, -0.25) is 4.79 Å². The Kier molecular flexibility index (Phi) is 5.03. The predicted molar refractivity (Wildman–Crippen MR) is 54.7 cm³/mol. The summed E-state index contributed by atoms with van der Waals surface area (Å²) in [7, 11) is 0. The van der Waals surface area contributed by atoms with Crippen molar-refractivity contribution in [2.24, 2.45) is 0 Å². The highest BCUT2D eigenvalue weighted by molar-refractivity contribution is 5.70. The van der Waals surface area contributed by atoms with Gasteiger partial charge in [-0.1, -0.05) is 12.7 Å². The number of hydrogen-bond donors (Lipinski definition) is 4. The summed E-state index contributed by atoms with van der Waals surface area (Å²) in [4.78, 5) is 11.2. The number of aliphatic hydroxyl groups excluding tert-OH is 4. The van der Waals surface area contributed by atoms with Crippen LogP contribution in [-0.2, 0) is 14.3 Å². The molecule has 1 aliphatic rings. The first-order valence-corrected chi connectivity index (χ1v) is 5.11. The third-order valence-electron chi connectivity index (χ3n) is 2.42. The number of ether oxygens (including phenoxy) is 2. The highest BCUT2D eigenvalue weighted by Gasteiger charge is 2.43. The van der Waals surface area contributed by atoms with Crippen LogP contribution in [0.5, 0.6) is 0 Å². The third kappa shape index (κ3) is 3.48. The van der Waals surface area contributed by atoms with Gasteiger partial charge in [-0.05, 0) is 0 Å². The van der Waals surface area contributed by atoms with Crippen molar-refractivity contribution in [3.05, 3.63) is 12.7 Å². The topological polar surface area (TPSA) is 116 Å². The average Bonchev–Trinajstić information content (AvgIpc) is 2.30. The molecule has 1 saturated heterocycles. The number of rotatable bonds is 4. The molecule has 1 fully saturated rings. The maximum Gasteiger partial charge on any atom is 0.308 e. The van der Waals surface area contributed by atoms with Crippen LogP contribution in [0.3, 0.4) is 0 Å². The molecule has 7 nitrogen and oxygen atoms in total. The molecule has 17 heavy (non-hydrogen) atoms. The van der Waals surface area contributed by atoms with Crippen LogP contribution in [0.1, 0.15) is 6.42 Å². The molecule has 0 spiro atoms. The lowest BCUT2D eigenvalue weighted by Gasteiger charge is -2.37. The van der Waals surface area contributed by atoms with Crippen molar-refractivity contribution in [2.75, 3.05) is 6.61 Å². The van der Waals surface area contributed by atoms with E-state index in [0.717, 1.165) is 0 Å². The summed E-state index contributed by atoms with van der Waals surface area (Å²) >= 11 is 0. The lowest BCUT2D eigenvalue weighted by Crippen LogP contribution is -2.57. The van der Waals surface area contributed by atoms with Crippen LogP contribution in [0.4, 0.5) is 0 Å². The zero-order valence-corrected chi connectivity index (χ0v) is 9.10. The van der Waals surface area contributed by atoms with Crippen molar-refractivity contribution >= 4 is 5.97 Å². The van der Waals surface area contributed by atoms with E-state index in [0.29, 0.717) is 0 Å². The van der Waals surface area contributed by atoms with E-state index in [2.05, 4.69) is 11.3 Å². The molecule has 0 amide bonds. The van der Waals surface area contributed by atoms with Crippen LogP contribution in [0.2, 0.25) is 0 Å². The van der Waals surface area contributed by atoms with Gasteiger partial charge in [-0.25, -0.2) is 0 Å². The van der Waals surface area contributed by atoms with E-state index in [1.54, 1.807) is 0 Å². The van der Waals surface area contributed by atoms with Gasteiger partial charge in [0.15, 0.2) is 6.29 Å². The summed E-state index contributed by atoms with van der Waals surface area (Å²) in [5.74, 6) is -0.662. The molecule has 0 radical (unpaired) electrons. The maximum absolute atomic E-state index is 11.2. The van der Waals surface area contributed by atoms with Crippen molar-refractivity contribution in [1.29, 1.82) is 0 Å². The first-order chi connectivity index (χ1) is 7.97. The standard InChI is InChI=1S/C10H16O7/c1-2-3-16-6(11)4-5-7(12)8(13)9(14)10(15)17-5/h2,5,7-10,12-15H,1,3-4H2/t5-,7-,8+,9-,10-/m1/s1/i4+1,5+1,7+1,8+1,9+1,10+1. The molecule has 0 aromatic rings. The molecule has 0 aromatic carbocycles. The number of carbonyl (C=O) groups is 1. The fourth-order valence-electron chi connectivity index (χ4n) is 1.47. The molecule has 0 unspecified atom stereocenters. The van der Waals surface area contributed by atoms with Crippen LogP contribution >= 0.6 is 0 Å². The molecule has 0 aromatic heterocycles. The molecule has 1 aliphatic heterocycles. The van der Waals surface area contributed by atoms with E-state index in [9.17, 15) is 25.2 Å². The second kappa shape index (κ2) is 6.08. The van der Waals surface area contributed by atoms with Gasteiger partial charge in [0.1, 0.15) is 24.9 Å². The first kappa shape index (κ1) is 14.1. The van der Waals surface area contributed by atoms with E-state index < -0.39 is 36.7 Å². The molecule has 0 aliphatic carbocycles. The Labute approximate surface area is 97.9 Å². The van der Waals surface area contributed by atoms with Gasteiger partial charge in [-0.15, -0.1) is 0 Å². The Morgan fingerprint density at radius 3 is 2.47 bits per heavy atom.